The molecule has 4 aromatic rings. The van der Waals surface area contributed by atoms with Crippen molar-refractivity contribution < 1.29 is 9.52 Å². The van der Waals surface area contributed by atoms with Crippen molar-refractivity contribution in [1.29, 1.82) is 0 Å². The topological polar surface area (TPSA) is 75.7 Å². The number of pyridine rings is 1. The lowest BCUT2D eigenvalue weighted by Crippen LogP contribution is -2.46. The molecule has 34 heavy (non-hydrogen) atoms. The van der Waals surface area contributed by atoms with Crippen molar-refractivity contribution in [2.24, 2.45) is 5.92 Å². The van der Waals surface area contributed by atoms with Crippen LogP contribution in [0.25, 0.3) is 22.1 Å². The number of phenolic OH excluding ortho intramolecular Hbond substituents is 1. The van der Waals surface area contributed by atoms with E-state index < -0.39 is 0 Å². The number of fused-ring (bicyclic) bond motifs is 5. The van der Waals surface area contributed by atoms with Crippen molar-refractivity contribution in [3.05, 3.63) is 98.3 Å². The molecular weight excluding hydrogens is 428 g/mol. The molecule has 0 spiro atoms. The van der Waals surface area contributed by atoms with Crippen LogP contribution in [0.1, 0.15) is 29.4 Å². The predicted molar refractivity (Wildman–Crippen MR) is 131 cm³/mol. The number of phenols is 1. The number of benzene rings is 2. The Balaban J connectivity index is 1.39. The van der Waals surface area contributed by atoms with Gasteiger partial charge in [-0.05, 0) is 43.0 Å². The molecular formula is C28H26N2O4. The first-order valence-corrected chi connectivity index (χ1v) is 11.8. The number of hydrogen-bond acceptors (Lipinski definition) is 5. The van der Waals surface area contributed by atoms with Gasteiger partial charge in [-0.1, -0.05) is 36.4 Å². The fourth-order valence-electron chi connectivity index (χ4n) is 5.85. The van der Waals surface area contributed by atoms with E-state index in [4.69, 9.17) is 4.42 Å². The molecule has 2 atom stereocenters. The third kappa shape index (κ3) is 3.37. The molecule has 2 bridgehead atoms. The van der Waals surface area contributed by atoms with E-state index in [2.05, 4.69) is 11.0 Å². The minimum absolute atomic E-state index is 0.0684. The lowest BCUT2D eigenvalue weighted by molar-refractivity contribution is 0.113. The Labute approximate surface area is 196 Å². The molecule has 6 heteroatoms. The lowest BCUT2D eigenvalue weighted by atomic mass is 9.83. The van der Waals surface area contributed by atoms with Gasteiger partial charge in [-0.3, -0.25) is 14.5 Å². The van der Waals surface area contributed by atoms with Crippen molar-refractivity contribution in [1.82, 2.24) is 9.47 Å². The standard InChI is InChI=1S/C28H26N2O4/c1-17-26(19-6-3-2-4-7-19)27(33)21-10-11-24(31)22(28(21)34-17)16-29-13-18-12-20(15-29)23-8-5-9-25(32)30(23)14-18/h2-11,18,20,31H,12-16H2,1H3/t18-,20-/m0/s1. The second kappa shape index (κ2) is 7.99. The molecule has 1 saturated heterocycles. The molecule has 2 aromatic heterocycles. The third-order valence-electron chi connectivity index (χ3n) is 7.31. The molecule has 4 heterocycles. The summed E-state index contributed by atoms with van der Waals surface area (Å²) in [6, 6.07) is 18.3. The van der Waals surface area contributed by atoms with E-state index in [-0.39, 0.29) is 22.7 Å². The van der Waals surface area contributed by atoms with Gasteiger partial charge in [0.2, 0.25) is 5.43 Å². The summed E-state index contributed by atoms with van der Waals surface area (Å²) in [5.74, 6) is 1.33. The van der Waals surface area contributed by atoms with Gasteiger partial charge in [-0.25, -0.2) is 0 Å². The van der Waals surface area contributed by atoms with Crippen molar-refractivity contribution in [3.63, 3.8) is 0 Å². The van der Waals surface area contributed by atoms with Crippen LogP contribution in [-0.2, 0) is 13.1 Å². The van der Waals surface area contributed by atoms with Crippen molar-refractivity contribution in [3.8, 4) is 16.9 Å². The summed E-state index contributed by atoms with van der Waals surface area (Å²) in [5, 5.41) is 11.2. The summed E-state index contributed by atoms with van der Waals surface area (Å²) in [7, 11) is 0. The van der Waals surface area contributed by atoms with Crippen LogP contribution in [0.5, 0.6) is 5.75 Å². The van der Waals surface area contributed by atoms with Crippen LogP contribution in [0.2, 0.25) is 0 Å². The SMILES string of the molecule is Cc1oc2c(CN3C[C@@H]4C[C@@H](C3)c3cccc(=O)n3C4)c(O)ccc2c(=O)c1-c1ccccc1. The smallest absolute Gasteiger partial charge is 0.250 e. The average Bonchev–Trinajstić information content (AvgIpc) is 2.82. The van der Waals surface area contributed by atoms with Crippen LogP contribution in [0.15, 0.2) is 74.7 Å². The van der Waals surface area contributed by atoms with E-state index in [1.54, 1.807) is 25.1 Å². The number of aromatic nitrogens is 1. The number of likely N-dealkylation sites (tertiary alicyclic amines) is 1. The fraction of sp³-hybridized carbons (Fsp3) is 0.286. The maximum atomic E-state index is 13.4. The maximum absolute atomic E-state index is 13.4. The molecule has 0 unspecified atom stereocenters. The van der Waals surface area contributed by atoms with E-state index in [1.807, 2.05) is 41.0 Å². The molecule has 172 valence electrons. The fourth-order valence-corrected chi connectivity index (χ4v) is 5.85. The Kier molecular flexibility index (Phi) is 4.92. The molecule has 0 aliphatic carbocycles. The Morgan fingerprint density at radius 3 is 2.62 bits per heavy atom. The molecule has 2 aliphatic rings. The second-order valence-corrected chi connectivity index (χ2v) is 9.56. The second-order valence-electron chi connectivity index (χ2n) is 9.56. The van der Waals surface area contributed by atoms with Gasteiger partial charge >= 0.3 is 0 Å². The van der Waals surface area contributed by atoms with Gasteiger partial charge < -0.3 is 14.1 Å². The van der Waals surface area contributed by atoms with Crippen LogP contribution in [0.3, 0.4) is 0 Å². The lowest BCUT2D eigenvalue weighted by Gasteiger charge is -2.42. The number of hydrogen-bond donors (Lipinski definition) is 1. The molecule has 1 N–H and O–H groups in total. The molecule has 0 amide bonds. The maximum Gasteiger partial charge on any atom is 0.250 e. The highest BCUT2D eigenvalue weighted by Crippen LogP contribution is 2.37. The first-order valence-electron chi connectivity index (χ1n) is 11.8. The number of rotatable bonds is 3. The van der Waals surface area contributed by atoms with Crippen molar-refractivity contribution in [2.45, 2.75) is 32.4 Å². The van der Waals surface area contributed by atoms with Crippen LogP contribution >= 0.6 is 0 Å². The van der Waals surface area contributed by atoms with Gasteiger partial charge in [0.25, 0.3) is 5.56 Å². The zero-order valence-corrected chi connectivity index (χ0v) is 19.0. The summed E-state index contributed by atoms with van der Waals surface area (Å²) in [5.41, 5.74) is 3.54. The van der Waals surface area contributed by atoms with Gasteiger partial charge in [0.05, 0.1) is 16.5 Å². The van der Waals surface area contributed by atoms with Gasteiger partial charge in [-0.15, -0.1) is 0 Å². The highest BCUT2D eigenvalue weighted by atomic mass is 16.3. The van der Waals surface area contributed by atoms with Crippen molar-refractivity contribution >= 4 is 11.0 Å². The first-order chi connectivity index (χ1) is 16.5. The number of piperidine rings is 1. The van der Waals surface area contributed by atoms with Crippen molar-refractivity contribution in [2.75, 3.05) is 13.1 Å². The Hall–Kier alpha value is -3.64. The summed E-state index contributed by atoms with van der Waals surface area (Å²) in [4.78, 5) is 28.1. The van der Waals surface area contributed by atoms with Gasteiger partial charge in [0.15, 0.2) is 0 Å². The summed E-state index contributed by atoms with van der Waals surface area (Å²) in [6.45, 7) is 4.63. The van der Waals surface area contributed by atoms with Crippen LogP contribution in [-0.4, -0.2) is 27.7 Å². The van der Waals surface area contributed by atoms with E-state index in [1.165, 1.54) is 0 Å². The molecule has 0 saturated carbocycles. The molecule has 0 radical (unpaired) electrons. The predicted octanol–water partition coefficient (Wildman–Crippen LogP) is 4.26. The first kappa shape index (κ1) is 20.9. The third-order valence-corrected chi connectivity index (χ3v) is 7.31. The largest absolute Gasteiger partial charge is 0.507 e. The highest BCUT2D eigenvalue weighted by Gasteiger charge is 2.35. The highest BCUT2D eigenvalue weighted by molar-refractivity contribution is 5.86. The normalized spacial score (nSPS) is 19.8. The summed E-state index contributed by atoms with van der Waals surface area (Å²) >= 11 is 0. The van der Waals surface area contributed by atoms with Crippen LogP contribution in [0.4, 0.5) is 0 Å². The quantitative estimate of drug-likeness (QED) is 0.501. The molecule has 6 rings (SSSR count). The van der Waals surface area contributed by atoms with Gasteiger partial charge in [0.1, 0.15) is 17.1 Å². The monoisotopic (exact) mass is 454 g/mol. The Morgan fingerprint density at radius 2 is 1.79 bits per heavy atom. The zero-order chi connectivity index (χ0) is 23.4. The van der Waals surface area contributed by atoms with Crippen LogP contribution < -0.4 is 11.0 Å². The van der Waals surface area contributed by atoms with E-state index in [9.17, 15) is 14.7 Å². The Morgan fingerprint density at radius 1 is 0.971 bits per heavy atom. The number of aryl methyl sites for hydroxylation is 1. The summed E-state index contributed by atoms with van der Waals surface area (Å²) in [6.07, 6.45) is 1.07. The number of nitrogens with zero attached hydrogens (tertiary/aromatic N) is 2. The van der Waals surface area contributed by atoms with Gasteiger partial charge in [0, 0.05) is 43.9 Å². The van der Waals surface area contributed by atoms with E-state index in [0.717, 1.165) is 37.3 Å². The molecule has 2 aromatic carbocycles. The van der Waals surface area contributed by atoms with Gasteiger partial charge in [-0.2, -0.15) is 0 Å². The summed E-state index contributed by atoms with van der Waals surface area (Å²) < 4.78 is 8.13. The molecule has 1 fully saturated rings. The van der Waals surface area contributed by atoms with Crippen LogP contribution in [0, 0.1) is 12.8 Å². The van der Waals surface area contributed by atoms with E-state index >= 15 is 0 Å². The Bertz CT molecular complexity index is 1520. The number of aromatic hydroxyl groups is 1. The molecule has 6 nitrogen and oxygen atoms in total. The minimum atomic E-state index is -0.0879. The van der Waals surface area contributed by atoms with E-state index in [0.29, 0.717) is 40.3 Å². The zero-order valence-electron chi connectivity index (χ0n) is 19.0. The average molecular weight is 455 g/mol. The molecule has 2 aliphatic heterocycles. The minimum Gasteiger partial charge on any atom is -0.507 e.